The predicted octanol–water partition coefficient (Wildman–Crippen LogP) is 2.90. The first kappa shape index (κ1) is 12.5. The van der Waals surface area contributed by atoms with E-state index in [9.17, 15) is 4.79 Å². The highest BCUT2D eigenvalue weighted by atomic mass is 16.1. The van der Waals surface area contributed by atoms with Gasteiger partial charge in [-0.15, -0.1) is 0 Å². The van der Waals surface area contributed by atoms with Crippen molar-refractivity contribution in [1.29, 1.82) is 0 Å². The van der Waals surface area contributed by atoms with E-state index < -0.39 is 0 Å². The van der Waals surface area contributed by atoms with Crippen molar-refractivity contribution in [3.8, 4) is 0 Å². The zero-order valence-corrected chi connectivity index (χ0v) is 9.83. The zero-order chi connectivity index (χ0) is 12.0. The second-order valence-corrected chi connectivity index (χ2v) is 3.99. The number of carbonyl (C=O) groups excluding carboxylic acids is 1. The van der Waals surface area contributed by atoms with E-state index in [0.717, 1.165) is 24.8 Å². The van der Waals surface area contributed by atoms with Crippen molar-refractivity contribution in [2.24, 2.45) is 0 Å². The second kappa shape index (κ2) is 6.11. The van der Waals surface area contributed by atoms with E-state index in [1.807, 2.05) is 12.2 Å². The van der Waals surface area contributed by atoms with Crippen LogP contribution in [0.3, 0.4) is 0 Å². The molecule has 1 aliphatic carbocycles. The summed E-state index contributed by atoms with van der Waals surface area (Å²) in [4.78, 5) is 11.5. The second-order valence-electron chi connectivity index (χ2n) is 3.99. The molecule has 1 amide bonds. The Hall–Kier alpha value is -1.57. The Balaban J connectivity index is 2.36. The van der Waals surface area contributed by atoms with E-state index in [2.05, 4.69) is 25.4 Å². The summed E-state index contributed by atoms with van der Waals surface area (Å²) in [6, 6.07) is 0.376. The lowest BCUT2D eigenvalue weighted by molar-refractivity contribution is -0.117. The molecule has 0 heterocycles. The molecule has 0 aliphatic heterocycles. The van der Waals surface area contributed by atoms with Crippen LogP contribution in [0.25, 0.3) is 0 Å². The largest absolute Gasteiger partial charge is 0.349 e. The van der Waals surface area contributed by atoms with Gasteiger partial charge in [-0.25, -0.2) is 0 Å². The van der Waals surface area contributed by atoms with Crippen molar-refractivity contribution in [3.05, 3.63) is 48.6 Å². The number of nitrogens with one attached hydrogen (secondary N) is 1. The van der Waals surface area contributed by atoms with Crippen LogP contribution in [0.2, 0.25) is 0 Å². The lowest BCUT2D eigenvalue weighted by Crippen LogP contribution is -2.25. The smallest absolute Gasteiger partial charge is 0.250 e. The standard InChI is InChI=1S/C14H19NO/c1-4-5-6-11(2)7-8-12(3)14(16)15-13-9-10-13/h5-8,13H,2-4,9-10H2,1H3,(H,15,16). The zero-order valence-electron chi connectivity index (χ0n) is 9.83. The fraction of sp³-hybridized carbons (Fsp3) is 0.357. The normalized spacial score (nSPS) is 15.6. The van der Waals surface area contributed by atoms with Crippen LogP contribution in [-0.2, 0) is 4.79 Å². The molecule has 16 heavy (non-hydrogen) atoms. The highest BCUT2D eigenvalue weighted by Crippen LogP contribution is 2.19. The maximum atomic E-state index is 11.5. The van der Waals surface area contributed by atoms with Crippen molar-refractivity contribution < 1.29 is 4.79 Å². The van der Waals surface area contributed by atoms with Gasteiger partial charge < -0.3 is 5.32 Å². The SMILES string of the molecule is C=C(C=CCC)C=CC(=C)C(=O)NC1CC1. The van der Waals surface area contributed by atoms with Gasteiger partial charge in [-0.3, -0.25) is 4.79 Å². The molecular formula is C14H19NO. The van der Waals surface area contributed by atoms with Crippen molar-refractivity contribution in [2.45, 2.75) is 32.2 Å². The Morgan fingerprint density at radius 3 is 2.56 bits per heavy atom. The van der Waals surface area contributed by atoms with Crippen LogP contribution >= 0.6 is 0 Å². The number of allylic oxidation sites excluding steroid dienone is 4. The summed E-state index contributed by atoms with van der Waals surface area (Å²) in [7, 11) is 0. The van der Waals surface area contributed by atoms with Gasteiger partial charge in [0.2, 0.25) is 0 Å². The van der Waals surface area contributed by atoms with Gasteiger partial charge >= 0.3 is 0 Å². The first-order valence-electron chi connectivity index (χ1n) is 5.66. The Morgan fingerprint density at radius 1 is 1.31 bits per heavy atom. The van der Waals surface area contributed by atoms with E-state index >= 15 is 0 Å². The summed E-state index contributed by atoms with van der Waals surface area (Å²) in [5.41, 5.74) is 1.36. The number of amides is 1. The quantitative estimate of drug-likeness (QED) is 0.538. The van der Waals surface area contributed by atoms with Gasteiger partial charge in [-0.2, -0.15) is 0 Å². The average molecular weight is 217 g/mol. The van der Waals surface area contributed by atoms with E-state index in [-0.39, 0.29) is 5.91 Å². The number of rotatable bonds is 6. The maximum Gasteiger partial charge on any atom is 0.250 e. The fourth-order valence-electron chi connectivity index (χ4n) is 1.11. The Bertz CT molecular complexity index is 346. The van der Waals surface area contributed by atoms with E-state index in [1.165, 1.54) is 0 Å². The van der Waals surface area contributed by atoms with Gasteiger partial charge in [0.15, 0.2) is 0 Å². The lowest BCUT2D eigenvalue weighted by atomic mass is 10.2. The van der Waals surface area contributed by atoms with Crippen molar-refractivity contribution in [1.82, 2.24) is 5.32 Å². The number of hydrogen-bond acceptors (Lipinski definition) is 1. The highest BCUT2D eigenvalue weighted by Gasteiger charge is 2.23. The van der Waals surface area contributed by atoms with Gasteiger partial charge in [0.25, 0.3) is 5.91 Å². The van der Waals surface area contributed by atoms with Gasteiger partial charge in [-0.1, -0.05) is 38.3 Å². The Morgan fingerprint density at radius 2 is 2.00 bits per heavy atom. The molecule has 1 rings (SSSR count). The minimum absolute atomic E-state index is 0.0778. The molecule has 0 radical (unpaired) electrons. The molecule has 1 N–H and O–H groups in total. The predicted molar refractivity (Wildman–Crippen MR) is 68.0 cm³/mol. The first-order chi connectivity index (χ1) is 7.63. The third-order valence-corrected chi connectivity index (χ3v) is 2.27. The summed E-state index contributed by atoms with van der Waals surface area (Å²) in [6.45, 7) is 9.64. The topological polar surface area (TPSA) is 29.1 Å². The number of carbonyl (C=O) groups is 1. The van der Waals surface area contributed by atoms with Gasteiger partial charge in [0, 0.05) is 11.6 Å². The minimum Gasteiger partial charge on any atom is -0.349 e. The Labute approximate surface area is 97.4 Å². The van der Waals surface area contributed by atoms with E-state index in [4.69, 9.17) is 0 Å². The van der Waals surface area contributed by atoms with E-state index in [1.54, 1.807) is 12.2 Å². The summed E-state index contributed by atoms with van der Waals surface area (Å²) in [6.07, 6.45) is 10.6. The molecule has 0 aromatic heterocycles. The van der Waals surface area contributed by atoms with Gasteiger partial charge in [-0.05, 0) is 30.9 Å². The summed E-state index contributed by atoms with van der Waals surface area (Å²) in [5, 5.41) is 2.88. The van der Waals surface area contributed by atoms with Crippen LogP contribution in [0.1, 0.15) is 26.2 Å². The first-order valence-corrected chi connectivity index (χ1v) is 5.66. The minimum atomic E-state index is -0.0778. The van der Waals surface area contributed by atoms with Gasteiger partial charge in [0.1, 0.15) is 0 Å². The van der Waals surface area contributed by atoms with Crippen LogP contribution < -0.4 is 5.32 Å². The van der Waals surface area contributed by atoms with Crippen LogP contribution in [0.4, 0.5) is 0 Å². The molecule has 1 fully saturated rings. The summed E-state index contributed by atoms with van der Waals surface area (Å²) in [5.74, 6) is -0.0778. The van der Waals surface area contributed by atoms with Crippen molar-refractivity contribution in [2.75, 3.05) is 0 Å². The van der Waals surface area contributed by atoms with Crippen LogP contribution in [0, 0.1) is 0 Å². The molecular weight excluding hydrogens is 198 g/mol. The average Bonchev–Trinajstić information content (AvgIpc) is 3.06. The third-order valence-electron chi connectivity index (χ3n) is 2.27. The molecule has 0 atom stereocenters. The molecule has 86 valence electrons. The molecule has 0 aromatic rings. The Kier molecular flexibility index (Phi) is 4.77. The van der Waals surface area contributed by atoms with Crippen LogP contribution in [-0.4, -0.2) is 11.9 Å². The molecule has 0 bridgehead atoms. The molecule has 2 heteroatoms. The van der Waals surface area contributed by atoms with Crippen LogP contribution in [0.15, 0.2) is 48.6 Å². The molecule has 2 nitrogen and oxygen atoms in total. The fourth-order valence-corrected chi connectivity index (χ4v) is 1.11. The molecule has 0 spiro atoms. The maximum absolute atomic E-state index is 11.5. The number of hydrogen-bond donors (Lipinski definition) is 1. The summed E-state index contributed by atoms with van der Waals surface area (Å²) < 4.78 is 0. The van der Waals surface area contributed by atoms with Gasteiger partial charge in [0.05, 0.1) is 0 Å². The third kappa shape index (κ3) is 4.78. The van der Waals surface area contributed by atoms with E-state index in [0.29, 0.717) is 11.6 Å². The van der Waals surface area contributed by atoms with Crippen molar-refractivity contribution in [3.63, 3.8) is 0 Å². The molecule has 1 aliphatic rings. The monoisotopic (exact) mass is 217 g/mol. The van der Waals surface area contributed by atoms with Crippen molar-refractivity contribution >= 4 is 5.91 Å². The molecule has 0 saturated heterocycles. The van der Waals surface area contributed by atoms with Crippen LogP contribution in [0.5, 0.6) is 0 Å². The summed E-state index contributed by atoms with van der Waals surface area (Å²) >= 11 is 0. The highest BCUT2D eigenvalue weighted by molar-refractivity contribution is 5.95. The lowest BCUT2D eigenvalue weighted by Gasteiger charge is -2.01. The molecule has 1 saturated carbocycles. The molecule has 0 unspecified atom stereocenters. The molecule has 0 aromatic carbocycles.